The summed E-state index contributed by atoms with van der Waals surface area (Å²) >= 11 is 0. The van der Waals surface area contributed by atoms with Gasteiger partial charge in [0.15, 0.2) is 18.5 Å². The zero-order valence-electron chi connectivity index (χ0n) is 36.6. The highest BCUT2D eigenvalue weighted by molar-refractivity contribution is 5.92. The van der Waals surface area contributed by atoms with Crippen molar-refractivity contribution in [3.8, 4) is 0 Å². The summed E-state index contributed by atoms with van der Waals surface area (Å²) in [5.74, 6) is -4.05. The number of hydrogen-bond acceptors (Lipinski definition) is 15. The third-order valence-corrected chi connectivity index (χ3v) is 13.8. The fraction of sp³-hybridized carbons (Fsp3) is 0.727. The van der Waals surface area contributed by atoms with Gasteiger partial charge in [-0.05, 0) is 67.1 Å². The molecule has 0 radical (unpaired) electrons. The lowest BCUT2D eigenvalue weighted by molar-refractivity contribution is -0.302. The number of amides is 1. The van der Waals surface area contributed by atoms with Gasteiger partial charge in [-0.3, -0.25) is 14.5 Å². The van der Waals surface area contributed by atoms with E-state index < -0.39 is 89.6 Å². The molecular formula is C44H63N5O11. The minimum absolute atomic E-state index is 0.000382. The van der Waals surface area contributed by atoms with E-state index in [0.717, 1.165) is 10.9 Å². The summed E-state index contributed by atoms with van der Waals surface area (Å²) in [5.41, 5.74) is -0.803. The van der Waals surface area contributed by atoms with Gasteiger partial charge >= 0.3 is 12.1 Å². The molecule has 6 heterocycles. The highest BCUT2D eigenvalue weighted by Gasteiger charge is 2.61. The Morgan fingerprint density at radius 3 is 2.52 bits per heavy atom. The van der Waals surface area contributed by atoms with E-state index in [1.807, 2.05) is 77.9 Å². The van der Waals surface area contributed by atoms with Gasteiger partial charge in [0.25, 0.3) is 0 Å². The van der Waals surface area contributed by atoms with E-state index in [2.05, 4.69) is 9.97 Å². The molecule has 1 aromatic carbocycles. The first-order valence-corrected chi connectivity index (χ1v) is 21.5. The second kappa shape index (κ2) is 17.5. The summed E-state index contributed by atoms with van der Waals surface area (Å²) in [4.78, 5) is 62.0. The maximum absolute atomic E-state index is 14.9. The van der Waals surface area contributed by atoms with E-state index in [9.17, 15) is 19.5 Å². The van der Waals surface area contributed by atoms with Crippen LogP contribution in [-0.4, -0.2) is 142 Å². The molecule has 16 nitrogen and oxygen atoms in total. The molecule has 3 unspecified atom stereocenters. The summed E-state index contributed by atoms with van der Waals surface area (Å²) in [6.07, 6.45) is -2.93. The van der Waals surface area contributed by atoms with Crippen molar-refractivity contribution in [2.75, 3.05) is 33.9 Å². The van der Waals surface area contributed by atoms with Gasteiger partial charge in [-0.25, -0.2) is 14.8 Å². The van der Waals surface area contributed by atoms with E-state index in [-0.39, 0.29) is 50.7 Å². The summed E-state index contributed by atoms with van der Waals surface area (Å²) in [7, 11) is 3.83. The first-order chi connectivity index (χ1) is 28.5. The van der Waals surface area contributed by atoms with Crippen molar-refractivity contribution in [1.29, 1.82) is 0 Å². The number of nitrogens with zero attached hydrogens (tertiary/aromatic N) is 5. The average molecular weight is 838 g/mol. The number of oxime groups is 1. The van der Waals surface area contributed by atoms with Gasteiger partial charge in [0, 0.05) is 35.1 Å². The number of ketones is 1. The van der Waals surface area contributed by atoms with Crippen molar-refractivity contribution >= 4 is 34.5 Å². The summed E-state index contributed by atoms with van der Waals surface area (Å²) in [5, 5.41) is 17.3. The Labute approximate surface area is 352 Å². The summed E-state index contributed by atoms with van der Waals surface area (Å²) in [6, 6.07) is 6.51. The Morgan fingerprint density at radius 1 is 1.03 bits per heavy atom. The van der Waals surface area contributed by atoms with Crippen LogP contribution in [0.1, 0.15) is 80.3 Å². The molecule has 5 aliphatic heterocycles. The zero-order chi connectivity index (χ0) is 43.3. The SMILES string of the molecule is CC[C@H]1OC(=O)[C@H](C)[C@H]2OCC3COC(C)(C[C@@H](C)C(=O)[C@H](C)[C@@H]4N(C/C3=N/OCc3ncnc5ccccc35)C(=O)OC41C)[C@H](O[C@@H]1O[C@H](C)C[C@H](N(C)C)[C@H]1O)[C@H]2C. The number of aromatic nitrogens is 2. The number of fused-ring (bicyclic) bond motifs is 6. The van der Waals surface area contributed by atoms with Crippen LogP contribution >= 0.6 is 0 Å². The smallest absolute Gasteiger partial charge is 0.411 e. The summed E-state index contributed by atoms with van der Waals surface area (Å²) in [6.45, 7) is 14.8. The maximum Gasteiger partial charge on any atom is 0.411 e. The van der Waals surface area contributed by atoms with Crippen LogP contribution < -0.4 is 0 Å². The number of cyclic esters (lactones) is 1. The maximum atomic E-state index is 14.9. The van der Waals surface area contributed by atoms with Gasteiger partial charge in [-0.1, -0.05) is 51.0 Å². The second-order valence-corrected chi connectivity index (χ2v) is 18.3. The molecule has 330 valence electrons. The van der Waals surface area contributed by atoms with Crippen LogP contribution in [0.4, 0.5) is 4.79 Å². The van der Waals surface area contributed by atoms with E-state index in [0.29, 0.717) is 24.2 Å². The largest absolute Gasteiger partial charge is 0.458 e. The van der Waals surface area contributed by atoms with Crippen LogP contribution in [0.15, 0.2) is 35.7 Å². The van der Waals surface area contributed by atoms with Crippen molar-refractivity contribution in [2.24, 2.45) is 34.7 Å². The molecule has 60 heavy (non-hydrogen) atoms. The van der Waals surface area contributed by atoms with Crippen LogP contribution in [0.2, 0.25) is 0 Å². The number of aliphatic hydroxyl groups is 1. The van der Waals surface area contributed by atoms with Crippen molar-refractivity contribution in [3.63, 3.8) is 0 Å². The lowest BCUT2D eigenvalue weighted by atomic mass is 9.73. The first-order valence-electron chi connectivity index (χ1n) is 21.5. The summed E-state index contributed by atoms with van der Waals surface area (Å²) < 4.78 is 39.9. The van der Waals surface area contributed by atoms with Crippen molar-refractivity contribution in [3.05, 3.63) is 36.3 Å². The van der Waals surface area contributed by atoms with E-state index in [1.54, 1.807) is 20.8 Å². The Hall–Kier alpha value is -3.80. The van der Waals surface area contributed by atoms with Gasteiger partial charge in [0.2, 0.25) is 0 Å². The Balaban J connectivity index is 1.38. The van der Waals surface area contributed by atoms with Crippen molar-refractivity contribution < 1.29 is 52.7 Å². The van der Waals surface area contributed by atoms with Crippen molar-refractivity contribution in [1.82, 2.24) is 19.8 Å². The molecule has 2 aromatic rings. The minimum Gasteiger partial charge on any atom is -0.458 e. The van der Waals surface area contributed by atoms with Crippen LogP contribution in [0, 0.1) is 29.6 Å². The molecule has 1 N–H and O–H groups in total. The van der Waals surface area contributed by atoms with Crippen LogP contribution in [0.25, 0.3) is 10.9 Å². The molecule has 6 bridgehead atoms. The lowest BCUT2D eigenvalue weighted by Crippen LogP contribution is -2.61. The van der Waals surface area contributed by atoms with Crippen LogP contribution in [0.3, 0.4) is 0 Å². The van der Waals surface area contributed by atoms with Gasteiger partial charge < -0.3 is 43.3 Å². The Bertz CT molecular complexity index is 1930. The fourth-order valence-electron chi connectivity index (χ4n) is 10.5. The molecule has 7 rings (SSSR count). The van der Waals surface area contributed by atoms with Crippen molar-refractivity contribution in [2.45, 2.75) is 141 Å². The average Bonchev–Trinajstić information content (AvgIpc) is 3.49. The lowest BCUT2D eigenvalue weighted by Gasteiger charge is -2.48. The number of esters is 1. The van der Waals surface area contributed by atoms with Gasteiger partial charge in [0.05, 0.1) is 72.6 Å². The zero-order valence-corrected chi connectivity index (χ0v) is 36.6. The molecule has 0 spiro atoms. The minimum atomic E-state index is -1.40. The number of hydrogen-bond donors (Lipinski definition) is 1. The third kappa shape index (κ3) is 8.27. The molecule has 0 aliphatic carbocycles. The topological polar surface area (TPSA) is 181 Å². The number of carbonyl (C=O) groups excluding carboxylic acids is 3. The standard InChI is InChI=1S/C44H63N5O11/c1-11-34-44(8)38-25(4)35(50)23(2)17-43(7)39(59-41-36(51)33(48(9)10)16-24(3)57-41)26(5)37(27(6)40(52)58-34)54-19-28(20-55-43)31(18-49(38)42(53)60-44)47-56-21-32-29-14-12-13-15-30(29)45-22-46-32/h12-15,22-28,33-34,36-39,41,51H,11,16-21H2,1-10H3/b47-31-/t23-,24-,25+,26+,27-,28?,33+,34-,36-,37+,38+,39-,41+,43?,44?/m1/s1. The fourth-order valence-corrected chi connectivity index (χ4v) is 10.5. The van der Waals surface area contributed by atoms with Gasteiger partial charge in [-0.2, -0.15) is 0 Å². The Kier molecular flexibility index (Phi) is 12.9. The predicted octanol–water partition coefficient (Wildman–Crippen LogP) is 4.54. The molecule has 1 aromatic heterocycles. The third-order valence-electron chi connectivity index (χ3n) is 13.8. The van der Waals surface area contributed by atoms with Crippen LogP contribution in [-0.2, 0) is 49.5 Å². The predicted molar refractivity (Wildman–Crippen MR) is 218 cm³/mol. The molecular weight excluding hydrogens is 775 g/mol. The monoisotopic (exact) mass is 837 g/mol. The molecule has 1 amide bonds. The van der Waals surface area contributed by atoms with E-state index >= 15 is 0 Å². The second-order valence-electron chi connectivity index (χ2n) is 18.3. The highest BCUT2D eigenvalue weighted by Crippen LogP contribution is 2.45. The van der Waals surface area contributed by atoms with Gasteiger partial charge in [0.1, 0.15) is 24.3 Å². The quantitative estimate of drug-likeness (QED) is 0.303. The van der Waals surface area contributed by atoms with Crippen LogP contribution in [0.5, 0.6) is 0 Å². The normalized spacial score (nSPS) is 41.1. The number of Topliss-reactive ketones (excluding diaryl/α,β-unsaturated/α-hetero) is 1. The number of carbonyl (C=O) groups is 3. The number of benzene rings is 1. The van der Waals surface area contributed by atoms with Gasteiger partial charge in [-0.15, -0.1) is 0 Å². The molecule has 0 saturated carbocycles. The number of para-hydroxylation sites is 1. The van der Waals surface area contributed by atoms with E-state index in [4.69, 9.17) is 38.4 Å². The van der Waals surface area contributed by atoms with E-state index in [1.165, 1.54) is 11.2 Å². The molecule has 5 fully saturated rings. The Morgan fingerprint density at radius 2 is 1.78 bits per heavy atom. The number of aliphatic hydroxyl groups excluding tert-OH is 1. The first kappa shape index (κ1) is 44.3. The highest BCUT2D eigenvalue weighted by atomic mass is 16.7. The molecule has 5 saturated heterocycles. The molecule has 5 aliphatic rings. The molecule has 16 heteroatoms. The number of likely N-dealkylation sites (N-methyl/N-ethyl adjacent to an activating group) is 1. The number of ether oxygens (including phenoxy) is 6. The number of rotatable bonds is 7. The molecule has 15 atom stereocenters.